The number of rotatable bonds is 5. The van der Waals surface area contributed by atoms with Crippen LogP contribution in [0.25, 0.3) is 0 Å². The monoisotopic (exact) mass is 314 g/mol. The molecule has 126 valence electrons. The van der Waals surface area contributed by atoms with Crippen molar-refractivity contribution in [3.63, 3.8) is 0 Å². The third kappa shape index (κ3) is 3.95. The highest BCUT2D eigenvalue weighted by Gasteiger charge is 2.44. The lowest BCUT2D eigenvalue weighted by molar-refractivity contribution is -0.299. The first-order valence-corrected chi connectivity index (χ1v) is 7.69. The van der Waals surface area contributed by atoms with E-state index in [2.05, 4.69) is 19.6 Å². The van der Waals surface area contributed by atoms with Gasteiger partial charge in [-0.15, -0.1) is 0 Å². The Kier molecular flexibility index (Phi) is 6.14. The summed E-state index contributed by atoms with van der Waals surface area (Å²) in [6.07, 6.45) is -0.970. The molecule has 0 aromatic carbocycles. The van der Waals surface area contributed by atoms with Crippen LogP contribution >= 0.6 is 0 Å². The minimum Gasteiger partial charge on any atom is -0.394 e. The Bertz CT molecular complexity index is 419. The molecule has 4 N–H and O–H groups in total. The van der Waals surface area contributed by atoms with Crippen molar-refractivity contribution in [2.75, 3.05) is 13.2 Å². The molecule has 1 aliphatic heterocycles. The molecule has 0 saturated carbocycles. The van der Waals surface area contributed by atoms with Gasteiger partial charge in [0.25, 0.3) is 0 Å². The zero-order valence-electron chi connectivity index (χ0n) is 12.9. The van der Waals surface area contributed by atoms with Crippen LogP contribution in [0.4, 0.5) is 0 Å². The van der Waals surface area contributed by atoms with Crippen LogP contribution in [0, 0.1) is 5.92 Å². The van der Waals surface area contributed by atoms with Crippen molar-refractivity contribution in [1.82, 2.24) is 0 Å². The minimum atomic E-state index is -1.41. The maximum Gasteiger partial charge on any atom is 0.187 e. The smallest absolute Gasteiger partial charge is 0.187 e. The third-order valence-corrected chi connectivity index (χ3v) is 4.50. The minimum absolute atomic E-state index is 0.209. The standard InChI is InChI=1S/C16H26O6/c1-9-3-5-11(6-4-9)10(2)8-21-16-15(20)14(19)13(18)12(7-17)22-16/h3,11-20H,2,4-8H2,1H3/t11-,12+,13+,14-,15+,16+/m0/s1. The Morgan fingerprint density at radius 3 is 2.64 bits per heavy atom. The first-order chi connectivity index (χ1) is 10.4. The predicted octanol–water partition coefficient (Wildman–Crippen LogP) is 0.105. The second kappa shape index (κ2) is 7.68. The largest absolute Gasteiger partial charge is 0.394 e. The summed E-state index contributed by atoms with van der Waals surface area (Å²) >= 11 is 0. The molecular formula is C16H26O6. The Morgan fingerprint density at radius 1 is 1.32 bits per heavy atom. The quantitative estimate of drug-likeness (QED) is 0.537. The van der Waals surface area contributed by atoms with E-state index in [1.54, 1.807) is 0 Å². The Morgan fingerprint density at radius 2 is 2.05 bits per heavy atom. The van der Waals surface area contributed by atoms with Gasteiger partial charge in [0.05, 0.1) is 13.2 Å². The van der Waals surface area contributed by atoms with Crippen molar-refractivity contribution in [3.8, 4) is 0 Å². The third-order valence-electron chi connectivity index (χ3n) is 4.50. The molecular weight excluding hydrogens is 288 g/mol. The normalized spacial score (nSPS) is 39.4. The summed E-state index contributed by atoms with van der Waals surface area (Å²) in [5.41, 5.74) is 2.31. The molecule has 1 heterocycles. The average Bonchev–Trinajstić information content (AvgIpc) is 2.52. The van der Waals surface area contributed by atoms with Crippen molar-refractivity contribution in [2.24, 2.45) is 5.92 Å². The summed E-state index contributed by atoms with van der Waals surface area (Å²) in [6.45, 7) is 5.90. The summed E-state index contributed by atoms with van der Waals surface area (Å²) in [5.74, 6) is 0.341. The van der Waals surface area contributed by atoms with E-state index >= 15 is 0 Å². The summed E-state index contributed by atoms with van der Waals surface area (Å²) in [5, 5.41) is 38.4. The molecule has 0 unspecified atom stereocenters. The fourth-order valence-corrected chi connectivity index (χ4v) is 2.85. The molecule has 1 saturated heterocycles. The molecule has 6 nitrogen and oxygen atoms in total. The first-order valence-electron chi connectivity index (χ1n) is 7.69. The summed E-state index contributed by atoms with van der Waals surface area (Å²) < 4.78 is 10.8. The van der Waals surface area contributed by atoms with Gasteiger partial charge in [0, 0.05) is 0 Å². The summed E-state index contributed by atoms with van der Waals surface area (Å²) in [6, 6.07) is 0. The van der Waals surface area contributed by atoms with Crippen LogP contribution in [-0.2, 0) is 9.47 Å². The first kappa shape index (κ1) is 17.6. The fraction of sp³-hybridized carbons (Fsp3) is 0.750. The van der Waals surface area contributed by atoms with Gasteiger partial charge in [0.2, 0.25) is 0 Å². The zero-order valence-corrected chi connectivity index (χ0v) is 12.9. The number of hydrogen-bond donors (Lipinski definition) is 4. The van der Waals surface area contributed by atoms with Gasteiger partial charge in [-0.2, -0.15) is 0 Å². The Balaban J connectivity index is 1.86. The van der Waals surface area contributed by atoms with E-state index in [1.807, 2.05) is 0 Å². The molecule has 2 rings (SSSR count). The van der Waals surface area contributed by atoms with Crippen LogP contribution in [0.15, 0.2) is 23.8 Å². The molecule has 0 bridgehead atoms. The van der Waals surface area contributed by atoms with E-state index in [4.69, 9.17) is 14.6 Å². The van der Waals surface area contributed by atoms with E-state index in [-0.39, 0.29) is 6.61 Å². The number of ether oxygens (including phenoxy) is 2. The van der Waals surface area contributed by atoms with Gasteiger partial charge in [0.1, 0.15) is 24.4 Å². The van der Waals surface area contributed by atoms with E-state index < -0.39 is 37.3 Å². The van der Waals surface area contributed by atoms with E-state index in [9.17, 15) is 15.3 Å². The van der Waals surface area contributed by atoms with Crippen LogP contribution in [0.3, 0.4) is 0 Å². The molecule has 1 fully saturated rings. The Labute approximate surface area is 130 Å². The summed E-state index contributed by atoms with van der Waals surface area (Å²) in [4.78, 5) is 0. The highest BCUT2D eigenvalue weighted by atomic mass is 16.7. The van der Waals surface area contributed by atoms with Gasteiger partial charge in [-0.3, -0.25) is 0 Å². The lowest BCUT2D eigenvalue weighted by Crippen LogP contribution is -2.59. The molecule has 0 aromatic rings. The zero-order chi connectivity index (χ0) is 16.3. The Hall–Kier alpha value is -0.760. The molecule has 2 aliphatic rings. The molecule has 22 heavy (non-hydrogen) atoms. The molecule has 0 spiro atoms. The highest BCUT2D eigenvalue weighted by Crippen LogP contribution is 2.29. The molecule has 1 aliphatic carbocycles. The van der Waals surface area contributed by atoms with Crippen LogP contribution in [-0.4, -0.2) is 64.3 Å². The number of allylic oxidation sites excluding steroid dienone is 2. The van der Waals surface area contributed by atoms with Crippen molar-refractivity contribution in [1.29, 1.82) is 0 Å². The predicted molar refractivity (Wildman–Crippen MR) is 80.0 cm³/mol. The van der Waals surface area contributed by atoms with Gasteiger partial charge in [-0.05, 0) is 37.7 Å². The van der Waals surface area contributed by atoms with E-state index in [0.717, 1.165) is 24.8 Å². The molecule has 0 amide bonds. The second-order valence-corrected chi connectivity index (χ2v) is 6.19. The number of hydrogen-bond acceptors (Lipinski definition) is 6. The number of aliphatic hydroxyl groups is 4. The van der Waals surface area contributed by atoms with Crippen molar-refractivity contribution in [3.05, 3.63) is 23.8 Å². The second-order valence-electron chi connectivity index (χ2n) is 6.19. The van der Waals surface area contributed by atoms with Gasteiger partial charge in [-0.25, -0.2) is 0 Å². The topological polar surface area (TPSA) is 99.4 Å². The maximum absolute atomic E-state index is 9.90. The van der Waals surface area contributed by atoms with Gasteiger partial charge in [-0.1, -0.05) is 18.2 Å². The van der Waals surface area contributed by atoms with Crippen LogP contribution in [0.5, 0.6) is 0 Å². The summed E-state index contributed by atoms with van der Waals surface area (Å²) in [7, 11) is 0. The van der Waals surface area contributed by atoms with Crippen LogP contribution in [0.2, 0.25) is 0 Å². The molecule has 0 radical (unpaired) electrons. The molecule has 0 aromatic heterocycles. The van der Waals surface area contributed by atoms with Gasteiger partial charge >= 0.3 is 0 Å². The molecule has 6 heteroatoms. The van der Waals surface area contributed by atoms with E-state index in [0.29, 0.717) is 5.92 Å². The van der Waals surface area contributed by atoms with E-state index in [1.165, 1.54) is 5.57 Å². The van der Waals surface area contributed by atoms with Crippen LogP contribution in [0.1, 0.15) is 26.2 Å². The lowest BCUT2D eigenvalue weighted by Gasteiger charge is -2.39. The van der Waals surface area contributed by atoms with Crippen molar-refractivity contribution < 1.29 is 29.9 Å². The highest BCUT2D eigenvalue weighted by molar-refractivity contribution is 5.12. The van der Waals surface area contributed by atoms with Gasteiger partial charge in [0.15, 0.2) is 6.29 Å². The molecule has 6 atom stereocenters. The van der Waals surface area contributed by atoms with Crippen molar-refractivity contribution >= 4 is 0 Å². The lowest BCUT2D eigenvalue weighted by atomic mass is 9.86. The fourth-order valence-electron chi connectivity index (χ4n) is 2.85. The maximum atomic E-state index is 9.90. The SMILES string of the molecule is C=C(CO[C@@H]1O[C@H](CO)[C@@H](O)[C@H](O)[C@H]1O)[C@H]1CC=C(C)CC1. The average molecular weight is 314 g/mol. The van der Waals surface area contributed by atoms with Crippen molar-refractivity contribution in [2.45, 2.75) is 56.9 Å². The number of aliphatic hydroxyl groups excluding tert-OH is 4. The van der Waals surface area contributed by atoms with Gasteiger partial charge < -0.3 is 29.9 Å². The van der Waals surface area contributed by atoms with Crippen LogP contribution < -0.4 is 0 Å².